The van der Waals surface area contributed by atoms with E-state index in [1.807, 2.05) is 6.07 Å². The van der Waals surface area contributed by atoms with E-state index < -0.39 is 13.2 Å². The molecule has 0 fully saturated rings. The van der Waals surface area contributed by atoms with Gasteiger partial charge in [-0.25, -0.2) is 0 Å². The molecule has 1 aromatic rings. The number of benzene rings is 1. The van der Waals surface area contributed by atoms with Crippen LogP contribution in [0, 0.1) is 10.1 Å². The molecule has 0 radical (unpaired) electrons. The zero-order valence-corrected chi connectivity index (χ0v) is 14.9. The lowest BCUT2D eigenvalue weighted by atomic mass is 10.1. The van der Waals surface area contributed by atoms with Crippen LogP contribution < -0.4 is 0 Å². The molecule has 0 heterocycles. The number of rotatable bonds is 5. The first-order valence-electron chi connectivity index (χ1n) is 6.77. The highest BCUT2D eigenvalue weighted by Crippen LogP contribution is 2.37. The highest BCUT2D eigenvalue weighted by atomic mass is 35.5. The lowest BCUT2D eigenvalue weighted by molar-refractivity contribution is -0.400. The number of nitrogens with zero attached hydrogens (tertiary/aromatic N) is 1. The van der Waals surface area contributed by atoms with Crippen LogP contribution in [-0.2, 0) is 11.0 Å². The van der Waals surface area contributed by atoms with E-state index in [2.05, 4.69) is 33.9 Å². The second kappa shape index (κ2) is 6.73. The van der Waals surface area contributed by atoms with Crippen molar-refractivity contribution >= 4 is 26.0 Å². The summed E-state index contributed by atoms with van der Waals surface area (Å²) in [4.78, 5) is 9.88. The monoisotopic (exact) mass is 327 g/mol. The maximum atomic E-state index is 10.4. The molecule has 0 unspecified atom stereocenters. The van der Waals surface area contributed by atoms with Gasteiger partial charge < -0.3 is 4.43 Å². The Balaban J connectivity index is 2.89. The third kappa shape index (κ3) is 5.26. The molecule has 0 spiro atoms. The van der Waals surface area contributed by atoms with E-state index in [-0.39, 0.29) is 5.04 Å². The van der Waals surface area contributed by atoms with Crippen molar-refractivity contribution in [2.45, 2.75) is 45.5 Å². The molecule has 6 heteroatoms. The molecule has 0 N–H and O–H groups in total. The molecule has 0 aromatic heterocycles. The van der Waals surface area contributed by atoms with Gasteiger partial charge in [-0.2, -0.15) is 0 Å². The zero-order chi connectivity index (χ0) is 16.3. The van der Waals surface area contributed by atoms with E-state index in [4.69, 9.17) is 16.0 Å². The predicted molar refractivity (Wildman–Crippen MR) is 89.5 cm³/mol. The number of nitro groups is 1. The predicted octanol–water partition coefficient (Wildman–Crippen LogP) is 5.11. The molecule has 0 atom stereocenters. The minimum Gasteiger partial charge on any atom is -0.413 e. The fraction of sp³-hybridized carbons (Fsp3) is 0.467. The highest BCUT2D eigenvalue weighted by Gasteiger charge is 2.37. The molecule has 21 heavy (non-hydrogen) atoms. The van der Waals surface area contributed by atoms with Crippen LogP contribution in [0.15, 0.2) is 24.4 Å². The molecule has 1 aromatic carbocycles. The molecule has 1 rings (SSSR count). The number of hydrogen-bond donors (Lipinski definition) is 0. The first-order valence-corrected chi connectivity index (χ1v) is 10.1. The van der Waals surface area contributed by atoms with Crippen LogP contribution in [-0.4, -0.2) is 13.2 Å². The van der Waals surface area contributed by atoms with Crippen LogP contribution in [0.5, 0.6) is 0 Å². The Morgan fingerprint density at radius 3 is 2.52 bits per heavy atom. The van der Waals surface area contributed by atoms with Gasteiger partial charge in [0, 0.05) is 11.1 Å². The van der Waals surface area contributed by atoms with Crippen LogP contribution in [0.3, 0.4) is 0 Å². The third-order valence-electron chi connectivity index (χ3n) is 3.85. The van der Waals surface area contributed by atoms with Crippen LogP contribution >= 0.6 is 11.6 Å². The lowest BCUT2D eigenvalue weighted by Crippen LogP contribution is -2.40. The summed E-state index contributed by atoms with van der Waals surface area (Å²) in [5, 5.41) is 11.1. The Morgan fingerprint density at radius 1 is 1.38 bits per heavy atom. The van der Waals surface area contributed by atoms with Gasteiger partial charge in [-0.1, -0.05) is 38.4 Å². The maximum Gasteiger partial charge on any atom is 0.235 e. The van der Waals surface area contributed by atoms with Crippen molar-refractivity contribution in [1.82, 2.24) is 0 Å². The van der Waals surface area contributed by atoms with E-state index in [1.165, 1.54) is 6.08 Å². The van der Waals surface area contributed by atoms with E-state index >= 15 is 0 Å². The average Bonchev–Trinajstić information content (AvgIpc) is 2.34. The quantitative estimate of drug-likeness (QED) is 0.429. The first-order chi connectivity index (χ1) is 9.53. The van der Waals surface area contributed by atoms with Crippen LogP contribution in [0.4, 0.5) is 0 Å². The zero-order valence-electron chi connectivity index (χ0n) is 13.1. The Morgan fingerprint density at radius 2 is 2.00 bits per heavy atom. The first kappa shape index (κ1) is 17.9. The average molecular weight is 328 g/mol. The van der Waals surface area contributed by atoms with Crippen LogP contribution in [0.25, 0.3) is 6.08 Å². The van der Waals surface area contributed by atoms with Gasteiger partial charge in [0.15, 0.2) is 8.32 Å². The fourth-order valence-corrected chi connectivity index (χ4v) is 2.55. The minimum absolute atomic E-state index is 0.128. The van der Waals surface area contributed by atoms with Crippen molar-refractivity contribution < 1.29 is 9.35 Å². The van der Waals surface area contributed by atoms with Gasteiger partial charge in [0.1, 0.15) is 0 Å². The summed E-state index contributed by atoms with van der Waals surface area (Å²) < 4.78 is 6.14. The van der Waals surface area contributed by atoms with Gasteiger partial charge in [-0.05, 0) is 41.4 Å². The van der Waals surface area contributed by atoms with Crippen molar-refractivity contribution in [1.29, 1.82) is 0 Å². The summed E-state index contributed by atoms with van der Waals surface area (Å²) in [5.74, 6) is 0. The molecule has 0 aliphatic heterocycles. The molecule has 0 aliphatic rings. The van der Waals surface area contributed by atoms with Crippen molar-refractivity contribution in [2.24, 2.45) is 0 Å². The van der Waals surface area contributed by atoms with E-state index in [1.54, 1.807) is 12.1 Å². The molecular formula is C15H22ClNO3Si. The SMILES string of the molecule is CC(C)(C)[Si](C)(C)OCc1cc(C=C[N+](=O)[O-])ccc1Cl. The second-order valence-corrected chi connectivity index (χ2v) is 11.7. The van der Waals surface area contributed by atoms with Gasteiger partial charge in [0.2, 0.25) is 6.20 Å². The van der Waals surface area contributed by atoms with Crippen molar-refractivity contribution in [3.8, 4) is 0 Å². The standard InChI is InChI=1S/C15H22ClNO3Si/c1-15(2,3)21(4,5)20-11-13-10-12(6-7-14(13)16)8-9-17(18)19/h6-10H,11H2,1-5H3. The van der Waals surface area contributed by atoms with Gasteiger partial charge >= 0.3 is 0 Å². The maximum absolute atomic E-state index is 10.4. The number of hydrogen-bond acceptors (Lipinski definition) is 3. The van der Waals surface area contributed by atoms with Crippen molar-refractivity contribution in [3.63, 3.8) is 0 Å². The largest absolute Gasteiger partial charge is 0.413 e. The molecule has 0 saturated carbocycles. The molecule has 0 amide bonds. The van der Waals surface area contributed by atoms with Gasteiger partial charge in [0.25, 0.3) is 0 Å². The molecule has 0 aliphatic carbocycles. The smallest absolute Gasteiger partial charge is 0.235 e. The van der Waals surface area contributed by atoms with Gasteiger partial charge in [-0.15, -0.1) is 0 Å². The Bertz CT molecular complexity index is 550. The van der Waals surface area contributed by atoms with Crippen molar-refractivity contribution in [2.75, 3.05) is 0 Å². The highest BCUT2D eigenvalue weighted by molar-refractivity contribution is 6.74. The van der Waals surface area contributed by atoms with Gasteiger partial charge in [-0.3, -0.25) is 10.1 Å². The molecule has 0 saturated heterocycles. The summed E-state index contributed by atoms with van der Waals surface area (Å²) in [6, 6.07) is 5.32. The van der Waals surface area contributed by atoms with Crippen LogP contribution in [0.1, 0.15) is 31.9 Å². The summed E-state index contributed by atoms with van der Waals surface area (Å²) in [6.45, 7) is 11.3. The van der Waals surface area contributed by atoms with Gasteiger partial charge in [0.05, 0.1) is 11.5 Å². The van der Waals surface area contributed by atoms with Crippen molar-refractivity contribution in [3.05, 3.63) is 50.7 Å². The second-order valence-electron chi connectivity index (χ2n) is 6.50. The summed E-state index contributed by atoms with van der Waals surface area (Å²) >= 11 is 6.18. The lowest BCUT2D eigenvalue weighted by Gasteiger charge is -2.36. The molecular weight excluding hydrogens is 306 g/mol. The number of halogens is 1. The minimum atomic E-state index is -1.85. The summed E-state index contributed by atoms with van der Waals surface area (Å²) in [5.41, 5.74) is 1.59. The fourth-order valence-electron chi connectivity index (χ4n) is 1.43. The summed E-state index contributed by atoms with van der Waals surface area (Å²) in [7, 11) is -1.85. The van der Waals surface area contributed by atoms with E-state index in [0.29, 0.717) is 11.6 Å². The molecule has 4 nitrogen and oxygen atoms in total. The summed E-state index contributed by atoms with van der Waals surface area (Å²) in [6.07, 6.45) is 2.37. The van der Waals surface area contributed by atoms with E-state index in [9.17, 15) is 10.1 Å². The Hall–Kier alpha value is -1.17. The normalized spacial score (nSPS) is 12.9. The van der Waals surface area contributed by atoms with Crippen LogP contribution in [0.2, 0.25) is 23.2 Å². The topological polar surface area (TPSA) is 52.4 Å². The Kier molecular flexibility index (Phi) is 5.73. The van der Waals surface area contributed by atoms with E-state index in [0.717, 1.165) is 17.3 Å². The molecule has 0 bridgehead atoms. The third-order valence-corrected chi connectivity index (χ3v) is 8.70. The molecule has 116 valence electrons. The Labute approximate surface area is 132 Å².